The minimum absolute atomic E-state index is 0.202. The minimum Gasteiger partial charge on any atom is -0.268 e. The third-order valence-corrected chi connectivity index (χ3v) is 5.02. The van der Waals surface area contributed by atoms with E-state index in [1.54, 1.807) is 29.2 Å². The van der Waals surface area contributed by atoms with E-state index in [2.05, 4.69) is 9.98 Å². The summed E-state index contributed by atoms with van der Waals surface area (Å²) in [6.07, 6.45) is 1.68. The summed E-state index contributed by atoms with van der Waals surface area (Å²) in [5.41, 5.74) is 2.19. The van der Waals surface area contributed by atoms with Crippen molar-refractivity contribution in [3.05, 3.63) is 94.8 Å². The molecule has 0 atom stereocenters. The van der Waals surface area contributed by atoms with Crippen molar-refractivity contribution >= 4 is 40.4 Å². The first-order valence-electron chi connectivity index (χ1n) is 8.67. The topological polar surface area (TPSA) is 45.6 Å². The molecule has 6 heteroatoms. The van der Waals surface area contributed by atoms with E-state index >= 15 is 0 Å². The van der Waals surface area contributed by atoms with Crippen LogP contribution in [0.25, 0.3) is 6.08 Å². The Morgan fingerprint density at radius 3 is 2.57 bits per heavy atom. The number of amidine groups is 1. The third-order valence-electron chi connectivity index (χ3n) is 4.05. The van der Waals surface area contributed by atoms with Gasteiger partial charge in [0.25, 0.3) is 5.91 Å². The smallest absolute Gasteiger partial charge is 0.268 e. The molecule has 3 aromatic rings. The van der Waals surface area contributed by atoms with E-state index in [0.29, 0.717) is 27.1 Å². The lowest BCUT2D eigenvalue weighted by atomic mass is 10.2. The van der Waals surface area contributed by atoms with Gasteiger partial charge >= 0.3 is 0 Å². The van der Waals surface area contributed by atoms with Gasteiger partial charge in [-0.1, -0.05) is 36.4 Å². The van der Waals surface area contributed by atoms with Gasteiger partial charge in [-0.15, -0.1) is 0 Å². The maximum Gasteiger partial charge on any atom is 0.271 e. The van der Waals surface area contributed by atoms with E-state index in [1.165, 1.54) is 23.9 Å². The summed E-state index contributed by atoms with van der Waals surface area (Å²) in [6.45, 7) is 1.89. The zero-order chi connectivity index (χ0) is 19.5. The Hall–Kier alpha value is -3.25. The van der Waals surface area contributed by atoms with E-state index in [-0.39, 0.29) is 11.7 Å². The molecule has 0 unspecified atom stereocenters. The number of thioether (sulfide) groups is 1. The molecule has 1 saturated heterocycles. The van der Waals surface area contributed by atoms with Crippen molar-refractivity contribution in [1.29, 1.82) is 0 Å². The molecule has 2 aromatic carbocycles. The largest absolute Gasteiger partial charge is 0.271 e. The number of hydrogen-bond acceptors (Lipinski definition) is 4. The number of anilines is 1. The monoisotopic (exact) mass is 389 g/mol. The standard InChI is InChI=1S/C22H16FN3OS/c1-15-7-5-12-20(24-15)25-22-26(18-10-3-2-4-11-18)21(27)19(28-22)14-16-8-6-9-17(23)13-16/h2-14H,1H3/b19-14-,25-22+. The van der Waals surface area contributed by atoms with Gasteiger partial charge in [0.05, 0.1) is 10.6 Å². The van der Waals surface area contributed by atoms with Crippen LogP contribution in [0.5, 0.6) is 0 Å². The summed E-state index contributed by atoms with van der Waals surface area (Å²) in [6, 6.07) is 21.0. The molecule has 1 amide bonds. The number of rotatable bonds is 3. The van der Waals surface area contributed by atoms with Crippen molar-refractivity contribution in [3.8, 4) is 0 Å². The van der Waals surface area contributed by atoms with Gasteiger partial charge in [0, 0.05) is 5.69 Å². The summed E-state index contributed by atoms with van der Waals surface area (Å²) in [7, 11) is 0. The fourth-order valence-electron chi connectivity index (χ4n) is 2.79. The van der Waals surface area contributed by atoms with Gasteiger partial charge in [-0.05, 0) is 66.7 Å². The Bertz CT molecular complexity index is 1100. The number of aliphatic imine (C=N–C) groups is 1. The number of nitrogens with zero attached hydrogens (tertiary/aromatic N) is 3. The molecule has 1 fully saturated rings. The number of hydrogen-bond donors (Lipinski definition) is 0. The van der Waals surface area contributed by atoms with Crippen LogP contribution >= 0.6 is 11.8 Å². The number of amides is 1. The summed E-state index contributed by atoms with van der Waals surface area (Å²) >= 11 is 1.25. The van der Waals surface area contributed by atoms with Gasteiger partial charge in [-0.25, -0.2) is 14.4 Å². The molecule has 4 rings (SSSR count). The molecule has 4 nitrogen and oxygen atoms in total. The average molecular weight is 389 g/mol. The Balaban J connectivity index is 1.78. The zero-order valence-corrected chi connectivity index (χ0v) is 15.9. The molecule has 0 spiro atoms. The van der Waals surface area contributed by atoms with Crippen LogP contribution in [-0.2, 0) is 4.79 Å². The van der Waals surface area contributed by atoms with Crippen LogP contribution in [0.3, 0.4) is 0 Å². The number of para-hydroxylation sites is 1. The summed E-state index contributed by atoms with van der Waals surface area (Å²) in [5, 5.41) is 0.511. The second kappa shape index (κ2) is 7.78. The van der Waals surface area contributed by atoms with Gasteiger partial charge in [0.1, 0.15) is 5.82 Å². The first kappa shape index (κ1) is 18.1. The normalized spacial score (nSPS) is 16.9. The van der Waals surface area contributed by atoms with E-state index < -0.39 is 0 Å². The van der Waals surface area contributed by atoms with E-state index in [0.717, 1.165) is 5.69 Å². The van der Waals surface area contributed by atoms with Crippen LogP contribution in [0, 0.1) is 12.7 Å². The highest BCUT2D eigenvalue weighted by atomic mass is 32.2. The summed E-state index contributed by atoms with van der Waals surface area (Å²) in [4.78, 5) is 24.1. The second-order valence-electron chi connectivity index (χ2n) is 6.17. The lowest BCUT2D eigenvalue weighted by Gasteiger charge is -2.15. The van der Waals surface area contributed by atoms with Crippen molar-refractivity contribution in [1.82, 2.24) is 4.98 Å². The first-order chi connectivity index (χ1) is 13.6. The van der Waals surface area contributed by atoms with Crippen molar-refractivity contribution in [3.63, 3.8) is 0 Å². The molecule has 1 aliphatic heterocycles. The Morgan fingerprint density at radius 2 is 1.82 bits per heavy atom. The van der Waals surface area contributed by atoms with Crippen molar-refractivity contribution in [2.75, 3.05) is 4.90 Å². The van der Waals surface area contributed by atoms with Crippen molar-refractivity contribution < 1.29 is 9.18 Å². The lowest BCUT2D eigenvalue weighted by molar-refractivity contribution is -0.113. The van der Waals surface area contributed by atoms with Gasteiger partial charge < -0.3 is 0 Å². The number of pyridine rings is 1. The summed E-state index contributed by atoms with van der Waals surface area (Å²) < 4.78 is 13.5. The van der Waals surface area contributed by atoms with Gasteiger partial charge in [0.15, 0.2) is 11.0 Å². The van der Waals surface area contributed by atoms with Crippen molar-refractivity contribution in [2.24, 2.45) is 4.99 Å². The Labute approximate surface area is 166 Å². The SMILES string of the molecule is Cc1cccc(/N=C2/S/C(=C\c3cccc(F)c3)C(=O)N2c2ccccc2)n1. The molecule has 0 saturated carbocycles. The highest BCUT2D eigenvalue weighted by molar-refractivity contribution is 8.19. The third kappa shape index (κ3) is 3.87. The van der Waals surface area contributed by atoms with Crippen LogP contribution in [0.1, 0.15) is 11.3 Å². The molecular formula is C22H16FN3OS. The predicted octanol–water partition coefficient (Wildman–Crippen LogP) is 5.34. The van der Waals surface area contributed by atoms with Crippen LogP contribution in [-0.4, -0.2) is 16.1 Å². The van der Waals surface area contributed by atoms with Gasteiger partial charge in [-0.2, -0.15) is 0 Å². The molecule has 0 N–H and O–H groups in total. The Kier molecular flexibility index (Phi) is 5.04. The van der Waals surface area contributed by atoms with Gasteiger partial charge in [-0.3, -0.25) is 9.69 Å². The van der Waals surface area contributed by atoms with Crippen LogP contribution in [0.4, 0.5) is 15.9 Å². The van der Waals surface area contributed by atoms with Crippen LogP contribution in [0.15, 0.2) is 82.7 Å². The molecule has 1 aromatic heterocycles. The maximum absolute atomic E-state index is 13.5. The van der Waals surface area contributed by atoms with E-state index in [1.807, 2.05) is 49.4 Å². The van der Waals surface area contributed by atoms with E-state index in [9.17, 15) is 9.18 Å². The van der Waals surface area contributed by atoms with Crippen LogP contribution in [0.2, 0.25) is 0 Å². The number of carbonyl (C=O) groups excluding carboxylic acids is 1. The minimum atomic E-state index is -0.345. The number of aryl methyl sites for hydroxylation is 1. The molecular weight excluding hydrogens is 373 g/mol. The maximum atomic E-state index is 13.5. The molecule has 1 aliphatic rings. The number of benzene rings is 2. The van der Waals surface area contributed by atoms with Gasteiger partial charge in [0.2, 0.25) is 0 Å². The van der Waals surface area contributed by atoms with Crippen molar-refractivity contribution in [2.45, 2.75) is 6.92 Å². The fraction of sp³-hybridized carbons (Fsp3) is 0.0455. The highest BCUT2D eigenvalue weighted by Gasteiger charge is 2.34. The molecule has 2 heterocycles. The average Bonchev–Trinajstić information content (AvgIpc) is 2.97. The zero-order valence-electron chi connectivity index (χ0n) is 15.0. The first-order valence-corrected chi connectivity index (χ1v) is 9.49. The number of carbonyl (C=O) groups is 1. The second-order valence-corrected chi connectivity index (χ2v) is 7.18. The molecule has 0 aliphatic carbocycles. The quantitative estimate of drug-likeness (QED) is 0.568. The number of halogens is 1. The summed E-state index contributed by atoms with van der Waals surface area (Å²) in [5.74, 6) is -0.0161. The van der Waals surface area contributed by atoms with E-state index in [4.69, 9.17) is 0 Å². The lowest BCUT2D eigenvalue weighted by Crippen LogP contribution is -2.28. The molecule has 28 heavy (non-hydrogen) atoms. The molecule has 138 valence electrons. The Morgan fingerprint density at radius 1 is 1.04 bits per heavy atom. The fourth-order valence-corrected chi connectivity index (χ4v) is 3.78. The molecule has 0 bridgehead atoms. The molecule has 0 radical (unpaired) electrons. The van der Waals surface area contributed by atoms with Crippen LogP contribution < -0.4 is 4.90 Å². The predicted molar refractivity (Wildman–Crippen MR) is 112 cm³/mol. The number of aromatic nitrogens is 1. The highest BCUT2D eigenvalue weighted by Crippen LogP contribution is 2.37.